The number of aryl methyl sites for hydroxylation is 1. The van der Waals surface area contributed by atoms with Crippen molar-refractivity contribution in [3.05, 3.63) is 15.1 Å². The molecule has 1 aliphatic carbocycles. The quantitative estimate of drug-likeness (QED) is 0.846. The van der Waals surface area contributed by atoms with Gasteiger partial charge in [-0.2, -0.15) is 0 Å². The first kappa shape index (κ1) is 12.1. The van der Waals surface area contributed by atoms with Crippen molar-refractivity contribution in [3.63, 3.8) is 0 Å². The van der Waals surface area contributed by atoms with Gasteiger partial charge in [0.1, 0.15) is 11.6 Å². The number of nitrogens with two attached hydrogens (primary N) is 1. The number of anilines is 1. The van der Waals surface area contributed by atoms with Crippen LogP contribution < -0.4 is 5.73 Å². The van der Waals surface area contributed by atoms with Gasteiger partial charge in [-0.05, 0) is 41.9 Å². The Morgan fingerprint density at radius 1 is 1.25 bits per heavy atom. The lowest BCUT2D eigenvalue weighted by Crippen LogP contribution is -2.13. The first-order valence-electron chi connectivity index (χ1n) is 6.04. The second-order valence-electron chi connectivity index (χ2n) is 4.42. The van der Waals surface area contributed by atoms with Crippen molar-refractivity contribution < 1.29 is 0 Å². The number of nitrogens with zero attached hydrogens (tertiary/aromatic N) is 2. The molecule has 3 nitrogen and oxygen atoms in total. The van der Waals surface area contributed by atoms with Crippen LogP contribution in [0.1, 0.15) is 56.5 Å². The molecular formula is C12H18IN3. The van der Waals surface area contributed by atoms with Crippen molar-refractivity contribution in [1.29, 1.82) is 0 Å². The minimum Gasteiger partial charge on any atom is -0.383 e. The number of hydrogen-bond acceptors (Lipinski definition) is 3. The highest BCUT2D eigenvalue weighted by atomic mass is 127. The minimum atomic E-state index is 0.540. The Bertz CT molecular complexity index is 373. The van der Waals surface area contributed by atoms with Crippen LogP contribution in [0, 0.1) is 3.57 Å². The highest BCUT2D eigenvalue weighted by Crippen LogP contribution is 2.32. The van der Waals surface area contributed by atoms with Gasteiger partial charge in [0, 0.05) is 5.92 Å². The molecule has 0 bridgehead atoms. The van der Waals surface area contributed by atoms with Gasteiger partial charge in [-0.3, -0.25) is 0 Å². The third-order valence-corrected chi connectivity index (χ3v) is 4.44. The summed E-state index contributed by atoms with van der Waals surface area (Å²) in [4.78, 5) is 9.14. The normalized spacial score (nSPS) is 17.6. The molecule has 0 spiro atoms. The van der Waals surface area contributed by atoms with Crippen molar-refractivity contribution in [2.45, 2.75) is 51.4 Å². The van der Waals surface area contributed by atoms with Crippen molar-refractivity contribution in [3.8, 4) is 0 Å². The van der Waals surface area contributed by atoms with E-state index in [4.69, 9.17) is 5.73 Å². The summed E-state index contributed by atoms with van der Waals surface area (Å²) in [5, 5.41) is 0. The maximum absolute atomic E-state index is 5.95. The van der Waals surface area contributed by atoms with Crippen molar-refractivity contribution in [1.82, 2.24) is 9.97 Å². The lowest BCUT2D eigenvalue weighted by molar-refractivity contribution is 0.428. The van der Waals surface area contributed by atoms with Gasteiger partial charge in [0.2, 0.25) is 0 Å². The molecule has 1 fully saturated rings. The largest absolute Gasteiger partial charge is 0.383 e. The maximum Gasteiger partial charge on any atom is 0.140 e. The molecule has 2 N–H and O–H groups in total. The van der Waals surface area contributed by atoms with E-state index in [-0.39, 0.29) is 0 Å². The second kappa shape index (κ2) is 5.29. The Hall–Kier alpha value is -0.390. The zero-order chi connectivity index (χ0) is 11.5. The van der Waals surface area contributed by atoms with Gasteiger partial charge in [0.15, 0.2) is 0 Å². The fraction of sp³-hybridized carbons (Fsp3) is 0.667. The van der Waals surface area contributed by atoms with Gasteiger partial charge in [-0.1, -0.05) is 26.2 Å². The van der Waals surface area contributed by atoms with Crippen LogP contribution in [-0.4, -0.2) is 9.97 Å². The van der Waals surface area contributed by atoms with Crippen LogP contribution >= 0.6 is 22.6 Å². The third kappa shape index (κ3) is 2.47. The van der Waals surface area contributed by atoms with Gasteiger partial charge in [0.05, 0.1) is 9.26 Å². The molecule has 88 valence electrons. The zero-order valence-corrected chi connectivity index (χ0v) is 11.8. The Morgan fingerprint density at radius 2 is 1.94 bits per heavy atom. The molecule has 1 aliphatic rings. The zero-order valence-electron chi connectivity index (χ0n) is 9.67. The van der Waals surface area contributed by atoms with Crippen LogP contribution in [-0.2, 0) is 6.42 Å². The molecule has 1 heterocycles. The Balaban J connectivity index is 2.29. The number of rotatable bonds is 2. The van der Waals surface area contributed by atoms with Crippen molar-refractivity contribution >= 4 is 28.4 Å². The first-order chi connectivity index (χ1) is 7.72. The summed E-state index contributed by atoms with van der Waals surface area (Å²) in [6.45, 7) is 2.12. The topological polar surface area (TPSA) is 51.8 Å². The van der Waals surface area contributed by atoms with Gasteiger partial charge >= 0.3 is 0 Å². The molecule has 0 amide bonds. The number of hydrogen-bond donors (Lipinski definition) is 1. The van der Waals surface area contributed by atoms with Crippen LogP contribution in [0.15, 0.2) is 0 Å². The summed E-state index contributed by atoms with van der Waals surface area (Å²) >= 11 is 2.24. The van der Waals surface area contributed by atoms with Gasteiger partial charge < -0.3 is 5.73 Å². The average molecular weight is 331 g/mol. The summed E-state index contributed by atoms with van der Waals surface area (Å²) in [6, 6.07) is 0. The number of halogens is 1. The molecule has 1 aromatic heterocycles. The fourth-order valence-electron chi connectivity index (χ4n) is 2.31. The lowest BCUT2D eigenvalue weighted by Gasteiger charge is -2.21. The molecule has 1 saturated carbocycles. The predicted octanol–water partition coefficient (Wildman–Crippen LogP) is 3.27. The Labute approximate surface area is 110 Å². The lowest BCUT2D eigenvalue weighted by atomic mass is 9.88. The van der Waals surface area contributed by atoms with E-state index >= 15 is 0 Å². The standard InChI is InChI=1S/C12H18IN3/c1-2-9-10(13)11(14)16-12(15-9)8-6-4-3-5-7-8/h8H,2-7H2,1H3,(H2,14,15,16). The Kier molecular flexibility index (Phi) is 4.00. The monoisotopic (exact) mass is 331 g/mol. The summed E-state index contributed by atoms with van der Waals surface area (Å²) < 4.78 is 1.03. The SMILES string of the molecule is CCc1nc(C2CCCCC2)nc(N)c1I. The van der Waals surface area contributed by atoms with Crippen molar-refractivity contribution in [2.75, 3.05) is 5.73 Å². The van der Waals surface area contributed by atoms with E-state index < -0.39 is 0 Å². The molecule has 2 rings (SSSR count). The molecule has 16 heavy (non-hydrogen) atoms. The van der Waals surface area contributed by atoms with Crippen LogP contribution in [0.25, 0.3) is 0 Å². The van der Waals surface area contributed by atoms with E-state index in [0.29, 0.717) is 11.7 Å². The summed E-state index contributed by atoms with van der Waals surface area (Å²) in [6.07, 6.45) is 7.36. The van der Waals surface area contributed by atoms with E-state index in [2.05, 4.69) is 39.5 Å². The highest BCUT2D eigenvalue weighted by Gasteiger charge is 2.20. The van der Waals surface area contributed by atoms with E-state index in [1.165, 1.54) is 32.1 Å². The average Bonchev–Trinajstić information content (AvgIpc) is 2.33. The molecule has 0 aromatic carbocycles. The third-order valence-electron chi connectivity index (χ3n) is 3.27. The summed E-state index contributed by atoms with van der Waals surface area (Å²) in [5.74, 6) is 2.18. The molecular weight excluding hydrogens is 313 g/mol. The van der Waals surface area contributed by atoms with Crippen LogP contribution in [0.4, 0.5) is 5.82 Å². The van der Waals surface area contributed by atoms with Gasteiger partial charge in [-0.25, -0.2) is 9.97 Å². The smallest absolute Gasteiger partial charge is 0.140 e. The number of aromatic nitrogens is 2. The highest BCUT2D eigenvalue weighted by molar-refractivity contribution is 14.1. The fourth-order valence-corrected chi connectivity index (χ4v) is 2.93. The maximum atomic E-state index is 5.95. The van der Waals surface area contributed by atoms with E-state index in [9.17, 15) is 0 Å². The second-order valence-corrected chi connectivity index (χ2v) is 5.49. The summed E-state index contributed by atoms with van der Waals surface area (Å²) in [7, 11) is 0. The molecule has 4 heteroatoms. The van der Waals surface area contributed by atoms with E-state index in [0.717, 1.165) is 21.5 Å². The molecule has 0 unspecified atom stereocenters. The van der Waals surface area contributed by atoms with E-state index in [1.54, 1.807) is 0 Å². The predicted molar refractivity (Wildman–Crippen MR) is 74.4 cm³/mol. The first-order valence-corrected chi connectivity index (χ1v) is 7.12. The summed E-state index contributed by atoms with van der Waals surface area (Å²) in [5.41, 5.74) is 7.05. The van der Waals surface area contributed by atoms with Gasteiger partial charge in [-0.15, -0.1) is 0 Å². The number of nitrogen functional groups attached to an aromatic ring is 1. The Morgan fingerprint density at radius 3 is 2.56 bits per heavy atom. The molecule has 0 atom stereocenters. The van der Waals surface area contributed by atoms with Crippen LogP contribution in [0.5, 0.6) is 0 Å². The molecule has 0 saturated heterocycles. The minimum absolute atomic E-state index is 0.540. The molecule has 0 radical (unpaired) electrons. The van der Waals surface area contributed by atoms with Gasteiger partial charge in [0.25, 0.3) is 0 Å². The van der Waals surface area contributed by atoms with E-state index in [1.807, 2.05) is 0 Å². The van der Waals surface area contributed by atoms with Crippen molar-refractivity contribution in [2.24, 2.45) is 0 Å². The van der Waals surface area contributed by atoms with Crippen LogP contribution in [0.2, 0.25) is 0 Å². The molecule has 1 aromatic rings. The molecule has 0 aliphatic heterocycles. The van der Waals surface area contributed by atoms with Crippen LogP contribution in [0.3, 0.4) is 0 Å².